The molecule has 29 heavy (non-hydrogen) atoms. The van der Waals surface area contributed by atoms with E-state index in [-0.39, 0.29) is 10.8 Å². The van der Waals surface area contributed by atoms with Crippen molar-refractivity contribution < 1.29 is 4.74 Å². The summed E-state index contributed by atoms with van der Waals surface area (Å²) in [5, 5.41) is 0. The van der Waals surface area contributed by atoms with Gasteiger partial charge in [0.1, 0.15) is 5.75 Å². The van der Waals surface area contributed by atoms with Crippen LogP contribution in [-0.4, -0.2) is 7.11 Å². The molecule has 1 unspecified atom stereocenters. The molecule has 0 bridgehead atoms. The Labute approximate surface area is 177 Å². The van der Waals surface area contributed by atoms with E-state index in [0.29, 0.717) is 5.92 Å². The third-order valence-electron chi connectivity index (χ3n) is 6.67. The zero-order valence-corrected chi connectivity index (χ0v) is 19.5. The van der Waals surface area contributed by atoms with Gasteiger partial charge < -0.3 is 4.74 Å². The number of allylic oxidation sites excluding steroid dienone is 8. The van der Waals surface area contributed by atoms with Crippen LogP contribution < -0.4 is 4.74 Å². The number of fused-ring (bicyclic) bond motifs is 2. The molecular formula is C28H36O. The van der Waals surface area contributed by atoms with Crippen molar-refractivity contribution in [3.63, 3.8) is 0 Å². The summed E-state index contributed by atoms with van der Waals surface area (Å²) in [6, 6.07) is 4.85. The molecule has 154 valence electrons. The van der Waals surface area contributed by atoms with Gasteiger partial charge in [-0.1, -0.05) is 65.3 Å². The molecule has 0 aromatic heterocycles. The van der Waals surface area contributed by atoms with Gasteiger partial charge in [0.25, 0.3) is 0 Å². The van der Waals surface area contributed by atoms with E-state index in [9.17, 15) is 0 Å². The summed E-state index contributed by atoms with van der Waals surface area (Å²) in [4.78, 5) is 0. The van der Waals surface area contributed by atoms with Gasteiger partial charge in [0.05, 0.1) is 7.11 Å². The third kappa shape index (κ3) is 3.43. The van der Waals surface area contributed by atoms with Crippen molar-refractivity contribution >= 4 is 5.57 Å². The molecule has 0 spiro atoms. The normalized spacial score (nSPS) is 21.5. The van der Waals surface area contributed by atoms with Gasteiger partial charge in [-0.25, -0.2) is 0 Å². The van der Waals surface area contributed by atoms with Crippen LogP contribution >= 0.6 is 0 Å². The fourth-order valence-corrected chi connectivity index (χ4v) is 5.26. The topological polar surface area (TPSA) is 9.23 Å². The minimum Gasteiger partial charge on any atom is -0.496 e. The van der Waals surface area contributed by atoms with Crippen LogP contribution in [0.25, 0.3) is 5.57 Å². The van der Waals surface area contributed by atoms with Gasteiger partial charge >= 0.3 is 0 Å². The Balaban J connectivity index is 2.02. The molecule has 1 saturated carbocycles. The Morgan fingerprint density at radius 2 is 1.52 bits per heavy atom. The van der Waals surface area contributed by atoms with Gasteiger partial charge in [-0.05, 0) is 77.0 Å². The van der Waals surface area contributed by atoms with Crippen LogP contribution in [0.4, 0.5) is 0 Å². The first-order valence-electron chi connectivity index (χ1n) is 11.1. The molecule has 1 aromatic rings. The number of methoxy groups -OCH3 is 1. The summed E-state index contributed by atoms with van der Waals surface area (Å²) >= 11 is 0. The smallest absolute Gasteiger partial charge is 0.126 e. The van der Waals surface area contributed by atoms with Crippen molar-refractivity contribution in [2.75, 3.05) is 7.11 Å². The van der Waals surface area contributed by atoms with E-state index >= 15 is 0 Å². The minimum atomic E-state index is 0.0235. The minimum absolute atomic E-state index is 0.0235. The van der Waals surface area contributed by atoms with Crippen LogP contribution in [-0.2, 0) is 10.8 Å². The van der Waals surface area contributed by atoms with Gasteiger partial charge in [0, 0.05) is 17.0 Å². The molecular weight excluding hydrogens is 352 g/mol. The summed E-state index contributed by atoms with van der Waals surface area (Å²) in [5.74, 6) is 1.63. The molecule has 0 amide bonds. The molecule has 3 aliphatic carbocycles. The Hall–Kier alpha value is -2.02. The molecule has 0 radical (unpaired) electrons. The van der Waals surface area contributed by atoms with E-state index < -0.39 is 0 Å². The monoisotopic (exact) mass is 388 g/mol. The number of benzene rings is 1. The highest BCUT2D eigenvalue weighted by atomic mass is 16.5. The van der Waals surface area contributed by atoms with E-state index in [1.807, 2.05) is 7.11 Å². The molecule has 1 nitrogen and oxygen atoms in total. The quantitative estimate of drug-likeness (QED) is 0.505. The molecule has 1 fully saturated rings. The standard InChI is InChI=1S/C28H36O/c1-17-12-19-14-18-10-9-11-21(18)25(22(19)13-17)20-15-23(27(2,3)4)26(29-8)24(16-20)28(5,6)7/h12-16,21H,9-11H2,1-8H3. The van der Waals surface area contributed by atoms with Gasteiger partial charge in [-0.3, -0.25) is 0 Å². The van der Waals surface area contributed by atoms with E-state index in [4.69, 9.17) is 4.74 Å². The number of hydrogen-bond acceptors (Lipinski definition) is 1. The molecule has 0 saturated heterocycles. The lowest BCUT2D eigenvalue weighted by molar-refractivity contribution is 0.381. The van der Waals surface area contributed by atoms with Crippen LogP contribution in [0.2, 0.25) is 0 Å². The SMILES string of the molecule is COc1c(C(C)(C)C)cc(C2=C3C=C(C)C=C3C=C3CCCC32)cc1C(C)(C)C. The van der Waals surface area contributed by atoms with Crippen LogP contribution in [0.5, 0.6) is 5.75 Å². The van der Waals surface area contributed by atoms with Crippen molar-refractivity contribution in [3.8, 4) is 5.75 Å². The molecule has 1 aromatic carbocycles. The van der Waals surface area contributed by atoms with Gasteiger partial charge in [0.15, 0.2) is 0 Å². The van der Waals surface area contributed by atoms with Crippen molar-refractivity contribution in [2.45, 2.75) is 78.6 Å². The zero-order chi connectivity index (χ0) is 21.1. The molecule has 4 rings (SSSR count). The first kappa shape index (κ1) is 20.3. The summed E-state index contributed by atoms with van der Waals surface area (Å²) in [7, 11) is 1.82. The first-order valence-corrected chi connectivity index (χ1v) is 11.1. The summed E-state index contributed by atoms with van der Waals surface area (Å²) in [5.41, 5.74) is 11.5. The van der Waals surface area contributed by atoms with Gasteiger partial charge in [-0.15, -0.1) is 0 Å². The highest BCUT2D eigenvalue weighted by Crippen LogP contribution is 2.51. The average Bonchev–Trinajstić information content (AvgIpc) is 3.21. The molecule has 0 aliphatic heterocycles. The van der Waals surface area contributed by atoms with Crippen LogP contribution in [0, 0.1) is 5.92 Å². The zero-order valence-electron chi connectivity index (χ0n) is 19.5. The van der Waals surface area contributed by atoms with Gasteiger partial charge in [0.2, 0.25) is 0 Å². The molecule has 3 aliphatic rings. The Kier molecular flexibility index (Phi) is 4.72. The fraction of sp³-hybridized carbons (Fsp3) is 0.500. The predicted octanol–water partition coefficient (Wildman–Crippen LogP) is 7.67. The average molecular weight is 389 g/mol. The molecule has 1 atom stereocenters. The largest absolute Gasteiger partial charge is 0.496 e. The molecule has 0 N–H and O–H groups in total. The maximum absolute atomic E-state index is 6.01. The van der Waals surface area contributed by atoms with Crippen LogP contribution in [0.1, 0.15) is 84.4 Å². The fourth-order valence-electron chi connectivity index (χ4n) is 5.26. The van der Waals surface area contributed by atoms with Crippen LogP contribution in [0.3, 0.4) is 0 Å². The Morgan fingerprint density at radius 3 is 2.07 bits per heavy atom. The van der Waals surface area contributed by atoms with E-state index in [1.165, 1.54) is 52.7 Å². The van der Waals surface area contributed by atoms with E-state index in [1.54, 1.807) is 11.1 Å². The second-order valence-corrected chi connectivity index (χ2v) is 11.1. The lowest BCUT2D eigenvalue weighted by Gasteiger charge is -2.32. The summed E-state index contributed by atoms with van der Waals surface area (Å²) < 4.78 is 6.01. The second-order valence-electron chi connectivity index (χ2n) is 11.1. The van der Waals surface area contributed by atoms with Gasteiger partial charge in [-0.2, -0.15) is 0 Å². The number of hydrogen-bond donors (Lipinski definition) is 0. The van der Waals surface area contributed by atoms with Crippen molar-refractivity contribution in [1.82, 2.24) is 0 Å². The first-order chi connectivity index (χ1) is 13.5. The van der Waals surface area contributed by atoms with E-state index in [2.05, 4.69) is 78.8 Å². The summed E-state index contributed by atoms with van der Waals surface area (Å²) in [6.45, 7) is 16.0. The van der Waals surface area contributed by atoms with E-state index in [0.717, 1.165) is 5.75 Å². The Morgan fingerprint density at radius 1 is 0.897 bits per heavy atom. The van der Waals surface area contributed by atoms with Crippen LogP contribution in [0.15, 0.2) is 52.7 Å². The molecule has 0 heterocycles. The Bertz CT molecular complexity index is 945. The highest BCUT2D eigenvalue weighted by Gasteiger charge is 2.35. The lowest BCUT2D eigenvalue weighted by Crippen LogP contribution is -2.20. The number of ether oxygens (including phenoxy) is 1. The lowest BCUT2D eigenvalue weighted by atomic mass is 9.74. The summed E-state index contributed by atoms with van der Waals surface area (Å²) in [6.07, 6.45) is 11.0. The number of rotatable bonds is 2. The maximum Gasteiger partial charge on any atom is 0.126 e. The molecule has 1 heteroatoms. The van der Waals surface area contributed by atoms with Crippen molar-refractivity contribution in [1.29, 1.82) is 0 Å². The van der Waals surface area contributed by atoms with Crippen molar-refractivity contribution in [3.05, 3.63) is 69.3 Å². The highest BCUT2D eigenvalue weighted by molar-refractivity contribution is 5.85. The third-order valence-corrected chi connectivity index (χ3v) is 6.67. The predicted molar refractivity (Wildman–Crippen MR) is 125 cm³/mol. The van der Waals surface area contributed by atoms with Crippen molar-refractivity contribution in [2.24, 2.45) is 5.92 Å². The maximum atomic E-state index is 6.01. The second kappa shape index (κ2) is 6.76.